The molecule has 9 rings (SSSR count). The van der Waals surface area contributed by atoms with Gasteiger partial charge in [0.1, 0.15) is 11.6 Å². The van der Waals surface area contributed by atoms with Crippen molar-refractivity contribution in [1.29, 1.82) is 0 Å². The maximum Gasteiger partial charge on any atom is 0.323 e. The van der Waals surface area contributed by atoms with Gasteiger partial charge in [0, 0.05) is 30.6 Å². The van der Waals surface area contributed by atoms with Crippen molar-refractivity contribution in [2.45, 2.75) is 127 Å². The summed E-state index contributed by atoms with van der Waals surface area (Å²) in [6.07, 6.45) is 8.88. The van der Waals surface area contributed by atoms with Crippen molar-refractivity contribution in [3.8, 4) is 11.1 Å². The maximum atomic E-state index is 13.1. The van der Waals surface area contributed by atoms with Gasteiger partial charge in [0.25, 0.3) is 0 Å². The van der Waals surface area contributed by atoms with E-state index >= 15 is 0 Å². The molecule has 6 fully saturated rings. The summed E-state index contributed by atoms with van der Waals surface area (Å²) >= 11 is 0. The fourth-order valence-corrected chi connectivity index (χ4v) is 10.4. The first-order valence-corrected chi connectivity index (χ1v) is 20.2. The van der Waals surface area contributed by atoms with E-state index in [2.05, 4.69) is 58.0 Å². The lowest BCUT2D eigenvalue weighted by atomic mass is 9.53. The van der Waals surface area contributed by atoms with E-state index in [0.717, 1.165) is 89.8 Å². The number of aliphatic hydroxyl groups is 1. The Hall–Kier alpha value is -3.76. The van der Waals surface area contributed by atoms with Crippen molar-refractivity contribution in [3.05, 3.63) is 95.1 Å². The molecule has 4 aliphatic carbocycles. The van der Waals surface area contributed by atoms with Gasteiger partial charge < -0.3 is 30.0 Å². The van der Waals surface area contributed by atoms with Gasteiger partial charge in [0.15, 0.2) is 6.29 Å². The number of benzene rings is 3. The SMILES string of the molecule is CC(C)(C)OC(=O)C1CCCN1CC1CC(c2ccc(CO)cc2)OC(c2ccc(-c3cccc(CNC(=O)NC45CC6CC(CC(C6)C4)C5)c3)cc2)O1. The van der Waals surface area contributed by atoms with Gasteiger partial charge in [-0.3, -0.25) is 9.69 Å². The van der Waals surface area contributed by atoms with Gasteiger partial charge in [-0.15, -0.1) is 0 Å². The van der Waals surface area contributed by atoms with Gasteiger partial charge in [0.05, 0.1) is 18.8 Å². The highest BCUT2D eigenvalue weighted by molar-refractivity contribution is 5.76. The molecule has 2 aliphatic heterocycles. The summed E-state index contributed by atoms with van der Waals surface area (Å²) in [6.45, 7) is 7.62. The summed E-state index contributed by atoms with van der Waals surface area (Å²) in [6, 6.07) is 24.3. The zero-order valence-electron chi connectivity index (χ0n) is 32.1. The largest absolute Gasteiger partial charge is 0.459 e. The Morgan fingerprint density at radius 3 is 2.20 bits per heavy atom. The molecule has 288 valence electrons. The molecular formula is C45H57N3O6. The lowest BCUT2D eigenvalue weighted by molar-refractivity contribution is -0.253. The van der Waals surface area contributed by atoms with Crippen LogP contribution in [-0.4, -0.2) is 58.4 Å². The van der Waals surface area contributed by atoms with Crippen LogP contribution in [0.15, 0.2) is 72.8 Å². The molecule has 2 heterocycles. The molecule has 4 bridgehead atoms. The first-order valence-electron chi connectivity index (χ1n) is 20.2. The van der Waals surface area contributed by atoms with Crippen LogP contribution in [0, 0.1) is 17.8 Å². The van der Waals surface area contributed by atoms with Gasteiger partial charge in [0.2, 0.25) is 0 Å². The molecule has 9 heteroatoms. The Labute approximate surface area is 320 Å². The minimum absolute atomic E-state index is 0.00451. The molecule has 3 aromatic rings. The minimum atomic E-state index is -0.592. The van der Waals surface area contributed by atoms with E-state index in [-0.39, 0.29) is 42.4 Å². The fourth-order valence-electron chi connectivity index (χ4n) is 10.4. The molecule has 2 saturated heterocycles. The van der Waals surface area contributed by atoms with E-state index in [4.69, 9.17) is 14.2 Å². The van der Waals surface area contributed by atoms with Crippen LogP contribution < -0.4 is 10.6 Å². The summed E-state index contributed by atoms with van der Waals surface area (Å²) in [4.78, 5) is 28.5. The molecule has 4 unspecified atom stereocenters. The van der Waals surface area contributed by atoms with Gasteiger partial charge in [-0.1, -0.05) is 66.7 Å². The van der Waals surface area contributed by atoms with Crippen molar-refractivity contribution < 1.29 is 28.9 Å². The quantitative estimate of drug-likeness (QED) is 0.181. The number of amides is 2. The van der Waals surface area contributed by atoms with E-state index in [1.165, 1.54) is 19.3 Å². The van der Waals surface area contributed by atoms with Crippen LogP contribution in [-0.2, 0) is 32.2 Å². The Balaban J connectivity index is 0.930. The highest BCUT2D eigenvalue weighted by atomic mass is 16.7. The second-order valence-electron chi connectivity index (χ2n) is 17.9. The molecule has 4 saturated carbocycles. The number of hydrogen-bond acceptors (Lipinski definition) is 7. The van der Waals surface area contributed by atoms with E-state index < -0.39 is 11.9 Å². The zero-order valence-corrected chi connectivity index (χ0v) is 32.1. The summed E-state index contributed by atoms with van der Waals surface area (Å²) < 4.78 is 19.1. The lowest BCUT2D eigenvalue weighted by Gasteiger charge is -2.56. The number of carbonyl (C=O) groups excluding carboxylic acids is 2. The van der Waals surface area contributed by atoms with Crippen LogP contribution in [0.25, 0.3) is 11.1 Å². The van der Waals surface area contributed by atoms with Crippen molar-refractivity contribution >= 4 is 12.0 Å². The number of nitrogens with one attached hydrogen (secondary N) is 2. The van der Waals surface area contributed by atoms with E-state index in [0.29, 0.717) is 19.5 Å². The van der Waals surface area contributed by atoms with Crippen LogP contribution in [0.3, 0.4) is 0 Å². The van der Waals surface area contributed by atoms with Gasteiger partial charge in [-0.2, -0.15) is 0 Å². The third-order valence-corrected chi connectivity index (χ3v) is 12.4. The minimum Gasteiger partial charge on any atom is -0.459 e. The number of urea groups is 1. The van der Waals surface area contributed by atoms with Crippen molar-refractivity contribution in [2.75, 3.05) is 13.1 Å². The van der Waals surface area contributed by atoms with Crippen molar-refractivity contribution in [2.24, 2.45) is 17.8 Å². The van der Waals surface area contributed by atoms with Gasteiger partial charge in [-0.05, 0) is 130 Å². The molecule has 54 heavy (non-hydrogen) atoms. The van der Waals surface area contributed by atoms with Crippen molar-refractivity contribution in [1.82, 2.24) is 15.5 Å². The Morgan fingerprint density at radius 1 is 0.852 bits per heavy atom. The van der Waals surface area contributed by atoms with Gasteiger partial charge >= 0.3 is 12.0 Å². The third kappa shape index (κ3) is 8.55. The van der Waals surface area contributed by atoms with Gasteiger partial charge in [-0.25, -0.2) is 4.79 Å². The maximum absolute atomic E-state index is 13.1. The second-order valence-corrected chi connectivity index (χ2v) is 17.9. The molecule has 6 aliphatic rings. The molecule has 9 nitrogen and oxygen atoms in total. The molecular weight excluding hydrogens is 679 g/mol. The highest BCUT2D eigenvalue weighted by Gasteiger charge is 2.51. The first kappa shape index (κ1) is 37.2. The average molecular weight is 736 g/mol. The smallest absolute Gasteiger partial charge is 0.323 e. The monoisotopic (exact) mass is 735 g/mol. The molecule has 2 amide bonds. The molecule has 3 aromatic carbocycles. The van der Waals surface area contributed by atoms with Crippen LogP contribution in [0.4, 0.5) is 4.79 Å². The highest BCUT2D eigenvalue weighted by Crippen LogP contribution is 2.55. The first-order chi connectivity index (χ1) is 26.0. The number of aliphatic hydroxyl groups excluding tert-OH is 1. The summed E-state index contributed by atoms with van der Waals surface area (Å²) in [7, 11) is 0. The number of ether oxygens (including phenoxy) is 3. The Bertz CT molecular complexity index is 1750. The van der Waals surface area contributed by atoms with Crippen LogP contribution in [0.5, 0.6) is 0 Å². The van der Waals surface area contributed by atoms with Crippen LogP contribution in [0.2, 0.25) is 0 Å². The lowest BCUT2D eigenvalue weighted by Crippen LogP contribution is -2.61. The van der Waals surface area contributed by atoms with E-state index in [1.807, 2.05) is 51.1 Å². The Kier molecular flexibility index (Phi) is 10.6. The van der Waals surface area contributed by atoms with E-state index in [1.54, 1.807) is 0 Å². The number of likely N-dealkylation sites (tertiary alicyclic amines) is 1. The standard InChI is InChI=1S/C45H57N3O6/c1-44(2,3)54-41(50)39-8-5-17-48(39)27-38-22-40(35-11-9-29(28-49)10-12-35)53-42(52-38)36-15-13-34(14-16-36)37-7-4-6-30(21-37)26-46-43(51)47-45-23-31-18-32(24-45)20-33(19-31)25-45/h4,6-7,9-16,21,31-33,38-40,42,49H,5,8,17-20,22-28H2,1-3H3,(H2,46,47,51). The van der Waals surface area contributed by atoms with Crippen LogP contribution >= 0.6 is 0 Å². The molecule has 0 aromatic heterocycles. The topological polar surface area (TPSA) is 109 Å². The average Bonchev–Trinajstić information content (AvgIpc) is 3.61. The third-order valence-electron chi connectivity index (χ3n) is 12.4. The summed E-state index contributed by atoms with van der Waals surface area (Å²) in [5.74, 6) is 2.20. The number of esters is 1. The second kappa shape index (κ2) is 15.4. The number of rotatable bonds is 10. The molecule has 4 atom stereocenters. The summed E-state index contributed by atoms with van der Waals surface area (Å²) in [5, 5.41) is 16.2. The number of hydrogen-bond donors (Lipinski definition) is 3. The predicted molar refractivity (Wildman–Crippen MR) is 207 cm³/mol. The number of nitrogens with zero attached hydrogens (tertiary/aromatic N) is 1. The number of carbonyl (C=O) groups is 2. The van der Waals surface area contributed by atoms with E-state index in [9.17, 15) is 14.7 Å². The fraction of sp³-hybridized carbons (Fsp3) is 0.556. The molecule has 0 spiro atoms. The predicted octanol–water partition coefficient (Wildman–Crippen LogP) is 7.97. The van der Waals surface area contributed by atoms with Crippen LogP contribution in [0.1, 0.15) is 113 Å². The molecule has 0 radical (unpaired) electrons. The van der Waals surface area contributed by atoms with Crippen molar-refractivity contribution in [3.63, 3.8) is 0 Å². The molecule has 3 N–H and O–H groups in total. The summed E-state index contributed by atoms with van der Waals surface area (Å²) in [5.41, 5.74) is 5.47. The zero-order chi connectivity index (χ0) is 37.5. The normalized spacial score (nSPS) is 30.6. The Morgan fingerprint density at radius 2 is 1.54 bits per heavy atom.